The van der Waals surface area contributed by atoms with Crippen molar-refractivity contribution in [3.05, 3.63) is 78.4 Å². The van der Waals surface area contributed by atoms with Crippen LogP contribution in [0, 0.1) is 11.6 Å². The fourth-order valence-corrected chi connectivity index (χ4v) is 7.48. The maximum atomic E-state index is 13.8. The summed E-state index contributed by atoms with van der Waals surface area (Å²) >= 11 is 0. The molecule has 2 nitrogen and oxygen atoms in total. The molecule has 0 saturated heterocycles. The summed E-state index contributed by atoms with van der Waals surface area (Å²) < 4.78 is 53.4. The second kappa shape index (κ2) is 5.43. The first-order valence-electron chi connectivity index (χ1n) is 7.12. The second-order valence-corrected chi connectivity index (χ2v) is 9.15. The molecule has 0 atom stereocenters. The first-order valence-corrected chi connectivity index (χ1v) is 9.83. The number of fused-ring (bicyclic) bond motifs is 2. The van der Waals surface area contributed by atoms with E-state index < -0.39 is 32.4 Å². The van der Waals surface area contributed by atoms with Crippen molar-refractivity contribution >= 4 is 20.7 Å². The Balaban J connectivity index is 2.12. The maximum Gasteiger partial charge on any atom is 0.216 e. The Hall–Kier alpha value is -2.18. The highest BCUT2D eigenvalue weighted by atomic mass is 32.2. The van der Waals surface area contributed by atoms with Crippen LogP contribution in [0.1, 0.15) is 0 Å². The van der Waals surface area contributed by atoms with E-state index in [9.17, 15) is 17.2 Å². The molecule has 0 amide bonds. The lowest BCUT2D eigenvalue weighted by molar-refractivity contribution is 0.584. The number of hydrogen-bond acceptors (Lipinski definition) is 2. The van der Waals surface area contributed by atoms with Crippen molar-refractivity contribution in [1.82, 2.24) is 0 Å². The summed E-state index contributed by atoms with van der Waals surface area (Å²) in [6.45, 7) is 0. The van der Waals surface area contributed by atoms with E-state index in [0.717, 1.165) is 17.0 Å². The Bertz CT molecular complexity index is 988. The summed E-state index contributed by atoms with van der Waals surface area (Å²) in [5.74, 6) is -1.03. The molecule has 0 N–H and O–H groups in total. The molecule has 0 spiro atoms. The Labute approximate surface area is 141 Å². The predicted molar refractivity (Wildman–Crippen MR) is 86.9 cm³/mol. The zero-order valence-electron chi connectivity index (χ0n) is 12.2. The third-order valence-electron chi connectivity index (χ3n) is 3.81. The average molecular weight is 361 g/mol. The van der Waals surface area contributed by atoms with Gasteiger partial charge < -0.3 is 0 Å². The third kappa shape index (κ3) is 2.25. The van der Waals surface area contributed by atoms with Gasteiger partial charge in [0.1, 0.15) is 32.3 Å². The number of rotatable bonds is 1. The van der Waals surface area contributed by atoms with Crippen LogP contribution < -0.4 is 0 Å². The molecule has 3 aromatic carbocycles. The molecule has 0 aliphatic carbocycles. The highest BCUT2D eigenvalue weighted by Crippen LogP contribution is 2.45. The van der Waals surface area contributed by atoms with Crippen molar-refractivity contribution < 1.29 is 17.2 Å². The first kappa shape index (κ1) is 15.4. The molecule has 0 fully saturated rings. The highest BCUT2D eigenvalue weighted by molar-refractivity contribution is 8.00. The third-order valence-corrected chi connectivity index (χ3v) is 8.24. The van der Waals surface area contributed by atoms with Crippen molar-refractivity contribution in [3.63, 3.8) is 0 Å². The monoisotopic (exact) mass is 361 g/mol. The molecule has 0 bridgehead atoms. The van der Waals surface area contributed by atoms with Gasteiger partial charge in [0.05, 0.1) is 0 Å². The van der Waals surface area contributed by atoms with Crippen molar-refractivity contribution in [1.29, 1.82) is 0 Å². The molecule has 24 heavy (non-hydrogen) atoms. The quantitative estimate of drug-likeness (QED) is 0.376. The number of benzene rings is 3. The van der Waals surface area contributed by atoms with E-state index >= 15 is 0 Å². The molecule has 0 unspecified atom stereocenters. The number of halogens is 2. The normalized spacial score (nSPS) is 15.6. The maximum absolute atomic E-state index is 13.8. The van der Waals surface area contributed by atoms with Crippen LogP contribution in [0.3, 0.4) is 0 Å². The summed E-state index contributed by atoms with van der Waals surface area (Å²) in [7, 11) is -4.69. The molecule has 3 aromatic rings. The molecular weight excluding hydrogens is 350 g/mol. The zero-order valence-corrected chi connectivity index (χ0v) is 13.9. The first-order chi connectivity index (χ1) is 11.5. The molecule has 1 heterocycles. The molecule has 6 heteroatoms. The topological polar surface area (TPSA) is 34.1 Å². The standard InChI is InChI=1S/C18H11F2O2S2/c19-12-6-8-17-15(10-12)23(14-4-2-1-3-5-14)16-11-13(20)7-9-18(16)24(17,21)22/h1-11H/q+1. The van der Waals surface area contributed by atoms with Gasteiger partial charge in [-0.3, -0.25) is 0 Å². The second-order valence-electron chi connectivity index (χ2n) is 5.30. The van der Waals surface area contributed by atoms with E-state index in [4.69, 9.17) is 0 Å². The number of sulfone groups is 1. The van der Waals surface area contributed by atoms with E-state index in [1.807, 2.05) is 30.3 Å². The summed E-state index contributed by atoms with van der Waals surface area (Å²) in [5, 5.41) is 0. The minimum atomic E-state index is -3.80. The average Bonchev–Trinajstić information content (AvgIpc) is 2.55. The largest absolute Gasteiger partial charge is 0.218 e. The van der Waals surface area contributed by atoms with Crippen molar-refractivity contribution in [2.75, 3.05) is 0 Å². The predicted octanol–water partition coefficient (Wildman–Crippen LogP) is 4.21. The van der Waals surface area contributed by atoms with Gasteiger partial charge in [-0.15, -0.1) is 0 Å². The van der Waals surface area contributed by atoms with Gasteiger partial charge in [0, 0.05) is 12.1 Å². The van der Waals surface area contributed by atoms with Gasteiger partial charge in [-0.1, -0.05) is 18.2 Å². The molecule has 0 aromatic heterocycles. The lowest BCUT2D eigenvalue weighted by atomic mass is 10.3. The van der Waals surface area contributed by atoms with Crippen molar-refractivity contribution in [3.8, 4) is 0 Å². The van der Waals surface area contributed by atoms with E-state index in [-0.39, 0.29) is 9.79 Å². The van der Waals surface area contributed by atoms with Crippen LogP contribution in [-0.2, 0) is 20.7 Å². The van der Waals surface area contributed by atoms with Crippen LogP contribution in [0.4, 0.5) is 8.78 Å². The fourth-order valence-electron chi connectivity index (χ4n) is 2.77. The van der Waals surface area contributed by atoms with Gasteiger partial charge in [0.2, 0.25) is 9.84 Å². The Kier molecular flexibility index (Phi) is 3.47. The summed E-state index contributed by atoms with van der Waals surface area (Å²) in [6, 6.07) is 16.5. The van der Waals surface area contributed by atoms with Crippen LogP contribution in [0.25, 0.3) is 0 Å². The molecule has 4 rings (SSSR count). The molecule has 0 radical (unpaired) electrons. The van der Waals surface area contributed by atoms with E-state index in [1.54, 1.807) is 0 Å². The SMILES string of the molecule is O=S1(=O)c2ccc(F)cc2[S+](c2ccccc2)c2cc(F)ccc21. The summed E-state index contributed by atoms with van der Waals surface area (Å²) in [5.41, 5.74) is 0. The van der Waals surface area contributed by atoms with Crippen molar-refractivity contribution in [2.24, 2.45) is 0 Å². The van der Waals surface area contributed by atoms with Crippen molar-refractivity contribution in [2.45, 2.75) is 24.5 Å². The van der Waals surface area contributed by atoms with Crippen LogP contribution in [-0.4, -0.2) is 8.42 Å². The van der Waals surface area contributed by atoms with Gasteiger partial charge in [-0.25, -0.2) is 17.2 Å². The minimum absolute atomic E-state index is 0.0789. The van der Waals surface area contributed by atoms with Crippen LogP contribution in [0.2, 0.25) is 0 Å². The molecule has 120 valence electrons. The number of hydrogen-bond donors (Lipinski definition) is 0. The molecule has 1 aliphatic rings. The Morgan fingerprint density at radius 3 is 1.71 bits per heavy atom. The minimum Gasteiger partial charge on any atom is -0.218 e. The van der Waals surface area contributed by atoms with Gasteiger partial charge in [-0.2, -0.15) is 0 Å². The Morgan fingerprint density at radius 1 is 0.708 bits per heavy atom. The van der Waals surface area contributed by atoms with Crippen LogP contribution >= 0.6 is 0 Å². The zero-order chi connectivity index (χ0) is 16.9. The molecule has 1 aliphatic heterocycles. The smallest absolute Gasteiger partial charge is 0.216 e. The van der Waals surface area contributed by atoms with E-state index in [0.29, 0.717) is 9.79 Å². The van der Waals surface area contributed by atoms with Crippen LogP contribution in [0.15, 0.2) is 91.2 Å². The van der Waals surface area contributed by atoms with Gasteiger partial charge >= 0.3 is 0 Å². The highest BCUT2D eigenvalue weighted by Gasteiger charge is 2.45. The molecule has 0 saturated carbocycles. The van der Waals surface area contributed by atoms with Gasteiger partial charge in [-0.05, 0) is 36.4 Å². The fraction of sp³-hybridized carbons (Fsp3) is 0. The summed E-state index contributed by atoms with van der Waals surface area (Å²) in [4.78, 5) is 1.69. The lowest BCUT2D eigenvalue weighted by Gasteiger charge is -2.19. The Morgan fingerprint density at radius 2 is 1.21 bits per heavy atom. The lowest BCUT2D eigenvalue weighted by Crippen LogP contribution is -2.20. The van der Waals surface area contributed by atoms with Gasteiger partial charge in [0.15, 0.2) is 14.7 Å². The van der Waals surface area contributed by atoms with E-state index in [2.05, 4.69) is 0 Å². The molecular formula is C18H11F2O2S2+. The van der Waals surface area contributed by atoms with Gasteiger partial charge in [0.25, 0.3) is 0 Å². The van der Waals surface area contributed by atoms with Crippen LogP contribution in [0.5, 0.6) is 0 Å². The summed E-state index contributed by atoms with van der Waals surface area (Å²) in [6.07, 6.45) is 0. The van der Waals surface area contributed by atoms with E-state index in [1.165, 1.54) is 24.3 Å².